The van der Waals surface area contributed by atoms with Crippen molar-refractivity contribution in [2.75, 3.05) is 18.5 Å². The molecular formula is C32H39NO3. The zero-order valence-electron chi connectivity index (χ0n) is 22.5. The van der Waals surface area contributed by atoms with Crippen LogP contribution in [-0.4, -0.2) is 29.8 Å². The Balaban J connectivity index is 2.12. The van der Waals surface area contributed by atoms with Gasteiger partial charge in [-0.05, 0) is 58.7 Å². The standard InChI is InChI=1S/C32H39NO3/c1-21(2)20-33(7)30-27(24-13-8-22(3)9-14-24)18-26(19-28(30)32(4,5)6)29(34)17-12-23-10-15-25(16-11-23)31(35)36/h8-19,21,29,34H,20H2,1-7H3,(H,35,36). The summed E-state index contributed by atoms with van der Waals surface area (Å²) in [5.74, 6) is -0.444. The van der Waals surface area contributed by atoms with Crippen molar-refractivity contribution in [3.63, 3.8) is 0 Å². The average Bonchev–Trinajstić information content (AvgIpc) is 2.81. The molecule has 3 aromatic carbocycles. The molecule has 0 fully saturated rings. The number of carbonyl (C=O) groups is 1. The molecule has 0 aliphatic rings. The summed E-state index contributed by atoms with van der Waals surface area (Å²) in [6.07, 6.45) is 2.78. The molecule has 0 spiro atoms. The highest BCUT2D eigenvalue weighted by Crippen LogP contribution is 2.42. The van der Waals surface area contributed by atoms with Gasteiger partial charge in [0.05, 0.1) is 11.7 Å². The van der Waals surface area contributed by atoms with Crippen LogP contribution in [-0.2, 0) is 5.41 Å². The highest BCUT2D eigenvalue weighted by Gasteiger charge is 2.26. The lowest BCUT2D eigenvalue weighted by Crippen LogP contribution is -2.27. The molecule has 3 rings (SSSR count). The van der Waals surface area contributed by atoms with Crippen LogP contribution in [0.25, 0.3) is 17.2 Å². The topological polar surface area (TPSA) is 60.8 Å². The van der Waals surface area contributed by atoms with Gasteiger partial charge in [-0.3, -0.25) is 0 Å². The van der Waals surface area contributed by atoms with Crippen LogP contribution in [0.4, 0.5) is 5.69 Å². The quantitative estimate of drug-likeness (QED) is 0.347. The minimum atomic E-state index is -0.952. The number of rotatable bonds is 8. The van der Waals surface area contributed by atoms with Crippen LogP contribution in [0.1, 0.15) is 73.3 Å². The van der Waals surface area contributed by atoms with Crippen LogP contribution in [0.15, 0.2) is 66.7 Å². The second kappa shape index (κ2) is 11.1. The van der Waals surface area contributed by atoms with Crippen LogP contribution >= 0.6 is 0 Å². The number of carboxylic acids is 1. The SMILES string of the molecule is Cc1ccc(-c2cc(C(O)C=Cc3ccc(C(=O)O)cc3)cc(C(C)(C)C)c2N(C)CC(C)C)cc1. The molecule has 1 atom stereocenters. The van der Waals surface area contributed by atoms with Crippen LogP contribution in [0.5, 0.6) is 0 Å². The molecular weight excluding hydrogens is 446 g/mol. The third-order valence-corrected chi connectivity index (χ3v) is 6.29. The van der Waals surface area contributed by atoms with Crippen LogP contribution < -0.4 is 4.90 Å². The van der Waals surface area contributed by atoms with Crippen LogP contribution in [0.2, 0.25) is 0 Å². The summed E-state index contributed by atoms with van der Waals surface area (Å²) < 4.78 is 0. The summed E-state index contributed by atoms with van der Waals surface area (Å²) >= 11 is 0. The number of aliphatic hydroxyl groups is 1. The van der Waals surface area contributed by atoms with Gasteiger partial charge in [-0.2, -0.15) is 0 Å². The Labute approximate surface area is 215 Å². The molecule has 0 radical (unpaired) electrons. The number of benzene rings is 3. The zero-order chi connectivity index (χ0) is 26.6. The molecule has 0 saturated heterocycles. The Morgan fingerprint density at radius 3 is 2.14 bits per heavy atom. The molecule has 4 heteroatoms. The van der Waals surface area contributed by atoms with Gasteiger partial charge in [0, 0.05) is 24.8 Å². The first-order chi connectivity index (χ1) is 16.9. The zero-order valence-corrected chi connectivity index (χ0v) is 22.5. The summed E-state index contributed by atoms with van der Waals surface area (Å²) in [6.45, 7) is 14.1. The molecule has 3 aromatic rings. The third kappa shape index (κ3) is 6.64. The number of hydrogen-bond donors (Lipinski definition) is 2. The van der Waals surface area contributed by atoms with Gasteiger partial charge in [-0.25, -0.2) is 4.79 Å². The van der Waals surface area contributed by atoms with E-state index >= 15 is 0 Å². The summed E-state index contributed by atoms with van der Waals surface area (Å²) in [5, 5.41) is 20.3. The average molecular weight is 486 g/mol. The second-order valence-corrected chi connectivity index (χ2v) is 11.1. The fourth-order valence-corrected chi connectivity index (χ4v) is 4.45. The van der Waals surface area contributed by atoms with E-state index in [1.807, 2.05) is 6.08 Å². The Bertz CT molecular complexity index is 1220. The number of nitrogens with zero attached hydrogens (tertiary/aromatic N) is 1. The van der Waals surface area contributed by atoms with Gasteiger partial charge in [0.15, 0.2) is 0 Å². The minimum absolute atomic E-state index is 0.133. The van der Waals surface area contributed by atoms with Crippen molar-refractivity contribution in [1.29, 1.82) is 0 Å². The number of anilines is 1. The third-order valence-electron chi connectivity index (χ3n) is 6.29. The predicted octanol–water partition coefficient (Wildman–Crippen LogP) is 7.50. The number of aryl methyl sites for hydroxylation is 1. The van der Waals surface area contributed by atoms with Gasteiger partial charge >= 0.3 is 5.97 Å². The van der Waals surface area contributed by atoms with Crippen molar-refractivity contribution in [3.8, 4) is 11.1 Å². The highest BCUT2D eigenvalue weighted by atomic mass is 16.4. The van der Waals surface area contributed by atoms with Crippen molar-refractivity contribution in [2.45, 2.75) is 53.1 Å². The van der Waals surface area contributed by atoms with Gasteiger partial charge in [-0.15, -0.1) is 0 Å². The molecule has 190 valence electrons. The maximum atomic E-state index is 11.2. The van der Waals surface area contributed by atoms with Crippen molar-refractivity contribution in [3.05, 3.63) is 94.6 Å². The molecule has 0 amide bonds. The summed E-state index contributed by atoms with van der Waals surface area (Å²) in [5.41, 5.74) is 7.61. The lowest BCUT2D eigenvalue weighted by Gasteiger charge is -2.33. The molecule has 0 saturated carbocycles. The summed E-state index contributed by atoms with van der Waals surface area (Å²) in [4.78, 5) is 13.5. The first kappa shape index (κ1) is 27.2. The molecule has 0 aliphatic heterocycles. The summed E-state index contributed by atoms with van der Waals surface area (Å²) in [6, 6.07) is 19.4. The maximum Gasteiger partial charge on any atom is 0.335 e. The van der Waals surface area contributed by atoms with Crippen molar-refractivity contribution in [2.24, 2.45) is 5.92 Å². The fourth-order valence-electron chi connectivity index (χ4n) is 4.45. The largest absolute Gasteiger partial charge is 0.478 e. The van der Waals surface area contributed by atoms with E-state index in [1.54, 1.807) is 30.3 Å². The number of aromatic carboxylic acids is 1. The Morgan fingerprint density at radius 1 is 1.00 bits per heavy atom. The molecule has 36 heavy (non-hydrogen) atoms. The number of aliphatic hydroxyl groups excluding tert-OH is 1. The molecule has 2 N–H and O–H groups in total. The lowest BCUT2D eigenvalue weighted by atomic mass is 9.81. The van der Waals surface area contributed by atoms with Gasteiger partial charge in [0.2, 0.25) is 0 Å². The van der Waals surface area contributed by atoms with E-state index in [4.69, 9.17) is 5.11 Å². The fraction of sp³-hybridized carbons (Fsp3) is 0.344. The monoisotopic (exact) mass is 485 g/mol. The first-order valence-electron chi connectivity index (χ1n) is 12.5. The molecule has 0 bridgehead atoms. The molecule has 0 heterocycles. The van der Waals surface area contributed by atoms with Gasteiger partial charge in [-0.1, -0.05) is 94.8 Å². The van der Waals surface area contributed by atoms with Crippen LogP contribution in [0.3, 0.4) is 0 Å². The van der Waals surface area contributed by atoms with Crippen molar-refractivity contribution in [1.82, 2.24) is 0 Å². The van der Waals surface area contributed by atoms with E-state index in [-0.39, 0.29) is 11.0 Å². The van der Waals surface area contributed by atoms with Crippen molar-refractivity contribution >= 4 is 17.7 Å². The first-order valence-corrected chi connectivity index (χ1v) is 12.5. The van der Waals surface area contributed by atoms with Gasteiger partial charge in [0.25, 0.3) is 0 Å². The number of hydrogen-bond acceptors (Lipinski definition) is 3. The van der Waals surface area contributed by atoms with E-state index in [9.17, 15) is 9.90 Å². The van der Waals surface area contributed by atoms with E-state index in [1.165, 1.54) is 16.8 Å². The highest BCUT2D eigenvalue weighted by molar-refractivity contribution is 5.87. The molecule has 0 aliphatic carbocycles. The van der Waals surface area contributed by atoms with Gasteiger partial charge in [0.1, 0.15) is 0 Å². The van der Waals surface area contributed by atoms with E-state index in [0.717, 1.165) is 28.8 Å². The minimum Gasteiger partial charge on any atom is -0.478 e. The second-order valence-electron chi connectivity index (χ2n) is 11.1. The normalized spacial score (nSPS) is 12.8. The van der Waals surface area contributed by atoms with E-state index in [2.05, 4.69) is 89.9 Å². The Morgan fingerprint density at radius 2 is 1.61 bits per heavy atom. The predicted molar refractivity (Wildman–Crippen MR) is 151 cm³/mol. The Kier molecular flexibility index (Phi) is 8.42. The smallest absolute Gasteiger partial charge is 0.335 e. The summed E-state index contributed by atoms with van der Waals surface area (Å²) in [7, 11) is 2.15. The lowest BCUT2D eigenvalue weighted by molar-refractivity contribution is 0.0697. The van der Waals surface area contributed by atoms with Crippen LogP contribution in [0, 0.1) is 12.8 Å². The van der Waals surface area contributed by atoms with E-state index < -0.39 is 12.1 Å². The Hall–Kier alpha value is -3.37. The molecule has 0 aromatic heterocycles. The van der Waals surface area contributed by atoms with Gasteiger partial charge < -0.3 is 15.1 Å². The van der Waals surface area contributed by atoms with E-state index in [0.29, 0.717) is 5.92 Å². The molecule has 1 unspecified atom stereocenters. The molecule has 4 nitrogen and oxygen atoms in total. The van der Waals surface area contributed by atoms with Crippen molar-refractivity contribution < 1.29 is 15.0 Å². The maximum absolute atomic E-state index is 11.2. The number of carboxylic acid groups (broad SMARTS) is 1.